The number of carbonyl (C=O) groups is 2. The Morgan fingerprint density at radius 1 is 0.793 bits per heavy atom. The molecule has 0 amide bonds. The van der Waals surface area contributed by atoms with Crippen LogP contribution in [-0.2, 0) is 76.3 Å². The summed E-state index contributed by atoms with van der Waals surface area (Å²) in [5.74, 6) is -1.29. The van der Waals surface area contributed by atoms with Crippen LogP contribution in [0.15, 0.2) is 23.8 Å². The van der Waals surface area contributed by atoms with Gasteiger partial charge in [0.1, 0.15) is 91.1 Å². The number of cyclic esters (lactones) is 1. The van der Waals surface area contributed by atoms with Crippen LogP contribution >= 0.6 is 0 Å². The minimum Gasteiger partial charge on any atom is -0.462 e. The second-order valence-corrected chi connectivity index (χ2v) is 27.1. The second kappa shape index (κ2) is 23.3. The number of allylic oxidation sites excluding steroid dienone is 2. The fraction of sp³-hybridized carbons (Fsp3) is 0.891. The Balaban J connectivity index is 0.920. The average Bonchev–Trinajstić information content (AvgIpc) is 1.52. The van der Waals surface area contributed by atoms with Gasteiger partial charge in [0.15, 0.2) is 25.2 Å². The van der Waals surface area contributed by atoms with E-state index in [1.165, 1.54) is 21.0 Å². The third kappa shape index (κ3) is 11.3. The van der Waals surface area contributed by atoms with Crippen LogP contribution in [0.1, 0.15) is 107 Å². The number of fused-ring (bicyclic) bond motifs is 4. The Bertz CT molecular complexity index is 2490. The van der Waals surface area contributed by atoms with E-state index in [0.29, 0.717) is 44.9 Å². The van der Waals surface area contributed by atoms with Gasteiger partial charge in [-0.25, -0.2) is 4.18 Å². The molecule has 0 aromatic heterocycles. The number of methoxy groups -OCH3 is 1. The van der Waals surface area contributed by atoms with Gasteiger partial charge in [-0.2, -0.15) is 8.42 Å². The molecule has 1 spiro atoms. The van der Waals surface area contributed by atoms with Crippen molar-refractivity contribution >= 4 is 22.3 Å². The number of rotatable bonds is 16. The zero-order valence-electron chi connectivity index (χ0n) is 48.0. The molecule has 10 N–H and O–H groups in total. The number of aliphatic hydroxyl groups is 9. The van der Waals surface area contributed by atoms with Gasteiger partial charge in [-0.15, -0.1) is 0 Å². The average molecular weight is 1200 g/mol. The van der Waals surface area contributed by atoms with E-state index in [1.807, 2.05) is 13.0 Å². The van der Waals surface area contributed by atoms with E-state index in [1.54, 1.807) is 19.9 Å². The maximum absolute atomic E-state index is 14.7. The molecule has 0 radical (unpaired) electrons. The first kappa shape index (κ1) is 64.1. The lowest BCUT2D eigenvalue weighted by molar-refractivity contribution is -0.386. The smallest absolute Gasteiger partial charge is 0.397 e. The molecule has 26 nitrogen and oxygen atoms in total. The number of hydrogen-bond acceptors (Lipinski definition) is 25. The van der Waals surface area contributed by atoms with Gasteiger partial charge in [-0.3, -0.25) is 14.1 Å². The molecule has 5 saturated heterocycles. The molecule has 8 fully saturated rings. The van der Waals surface area contributed by atoms with Crippen molar-refractivity contribution in [3.63, 3.8) is 0 Å². The van der Waals surface area contributed by atoms with Gasteiger partial charge in [-0.1, -0.05) is 51.5 Å². The largest absolute Gasteiger partial charge is 0.462 e. The Morgan fingerprint density at radius 2 is 1.44 bits per heavy atom. The zero-order chi connectivity index (χ0) is 60.2. The van der Waals surface area contributed by atoms with Gasteiger partial charge in [0.05, 0.1) is 49.0 Å². The van der Waals surface area contributed by atoms with Gasteiger partial charge in [-0.05, 0) is 88.9 Å². The maximum atomic E-state index is 14.7. The van der Waals surface area contributed by atoms with E-state index < -0.39 is 186 Å². The van der Waals surface area contributed by atoms with Gasteiger partial charge < -0.3 is 98.1 Å². The van der Waals surface area contributed by atoms with E-state index in [0.717, 1.165) is 5.57 Å². The quantitative estimate of drug-likeness (QED) is 0.0533. The highest BCUT2D eigenvalue weighted by molar-refractivity contribution is 7.80. The van der Waals surface area contributed by atoms with Gasteiger partial charge in [0.2, 0.25) is 0 Å². The lowest BCUT2D eigenvalue weighted by Crippen LogP contribution is -2.66. The Hall–Kier alpha value is -2.43. The number of esters is 2. The molecule has 0 aromatic carbocycles. The molecule has 27 heteroatoms. The van der Waals surface area contributed by atoms with Gasteiger partial charge in [0, 0.05) is 25.9 Å². The summed E-state index contributed by atoms with van der Waals surface area (Å²) < 4.78 is 104. The van der Waals surface area contributed by atoms with E-state index >= 15 is 0 Å². The Labute approximate surface area is 477 Å². The zero-order valence-corrected chi connectivity index (χ0v) is 48.8. The normalized spacial score (nSPS) is 49.5. The summed E-state index contributed by atoms with van der Waals surface area (Å²) in [7, 11) is -3.94. The van der Waals surface area contributed by atoms with Gasteiger partial charge >= 0.3 is 22.3 Å². The van der Waals surface area contributed by atoms with Crippen LogP contribution in [0, 0.1) is 39.4 Å². The molecule has 9 aliphatic rings. The van der Waals surface area contributed by atoms with Crippen LogP contribution in [0.25, 0.3) is 0 Å². The lowest BCUT2D eigenvalue weighted by atomic mass is 9.41. The van der Waals surface area contributed by atoms with Crippen LogP contribution in [-0.4, -0.2) is 232 Å². The summed E-state index contributed by atoms with van der Waals surface area (Å²) >= 11 is 0. The highest BCUT2D eigenvalue weighted by Gasteiger charge is 2.79. The fourth-order valence-electron chi connectivity index (χ4n) is 16.2. The standard InChI is InChI=1S/C55H86O26S/c1-24-40(77-47-39(64)42(34(59)30(21-56)75-47)78-45-38(63)41(70-10)28(58)22-71-45)36(61)37(62)46(73-24)79-43-35(60)31(81-82(67,68)69)23-72-48(43)76-33-15-18-52(7)26-14-19-55-44(54(9,80-49(55)65)17-11-16-50(3,4)66)29(74-25(2)57)20-53(55,8)27(26)12-13-32(52)51(33,5)6/h11-12,16,24,26,28-48,56,58-64,66H,13-15,17-23H2,1-10H3,(H,67,68,69)/b16-11+/t24-,26-,28-,29+,30-,31-,32+,33+,34-,35+,36-,37-,38-,39-,40-,41+,42+,43-,44-,45+,46+,47+,48+,52-,53+,54+,55-/m1/s1. The summed E-state index contributed by atoms with van der Waals surface area (Å²) in [6.45, 7) is 14.7. The third-order valence-electron chi connectivity index (χ3n) is 20.0. The minimum absolute atomic E-state index is 0.00229. The molecule has 4 aliphatic carbocycles. The molecule has 468 valence electrons. The summed E-state index contributed by atoms with van der Waals surface area (Å²) in [6, 6.07) is 0. The predicted octanol–water partition coefficient (Wildman–Crippen LogP) is -0.409. The SMILES string of the molecule is CO[C@@H]1[C@@H](O)[C@H](O[C@@H]2[C@@H](O)[C@H](O[C@H]3[C@H](O)[C@@H](O)[C@H](O[C@H]4[C@H](O[C@H]5CC[C@]6(C)[C@@H]7CC[C@]89C(=O)O[C@@](C)(C/C=C/C(C)(C)O)[C@H]8[C@@H](OC(C)=O)C[C@@]9(C)C7=CC[C@H]6C5(C)C)OC[C@@H](OS(=O)(=O)O)[C@@H]4O)O[C@@H]3C)O[C@H](CO)[C@H]2O)OC[C@H]1O. The van der Waals surface area contributed by atoms with Crippen LogP contribution in [0.3, 0.4) is 0 Å². The molecule has 0 bridgehead atoms. The number of ether oxygens (including phenoxy) is 11. The molecule has 5 aliphatic heterocycles. The van der Waals surface area contributed by atoms with Crippen molar-refractivity contribution in [3.8, 4) is 0 Å². The first-order valence-electron chi connectivity index (χ1n) is 28.4. The molecule has 3 saturated carbocycles. The van der Waals surface area contributed by atoms with Crippen molar-refractivity contribution in [2.24, 2.45) is 39.4 Å². The number of hydrogen-bond donors (Lipinski definition) is 10. The highest BCUT2D eigenvalue weighted by atomic mass is 32.3. The lowest BCUT2D eigenvalue weighted by Gasteiger charge is -2.63. The van der Waals surface area contributed by atoms with Crippen molar-refractivity contribution in [2.45, 2.75) is 241 Å². The monoisotopic (exact) mass is 1190 g/mol. The number of aliphatic hydroxyl groups excluding tert-OH is 8. The first-order chi connectivity index (χ1) is 38.2. The van der Waals surface area contributed by atoms with Crippen LogP contribution in [0.4, 0.5) is 0 Å². The van der Waals surface area contributed by atoms with Crippen molar-refractivity contribution in [1.29, 1.82) is 0 Å². The van der Waals surface area contributed by atoms with E-state index in [4.69, 9.17) is 56.3 Å². The van der Waals surface area contributed by atoms with Crippen molar-refractivity contribution < 1.29 is 125 Å². The van der Waals surface area contributed by atoms with E-state index in [-0.39, 0.29) is 29.8 Å². The molecular weight excluding hydrogens is 1110 g/mol. The summed E-state index contributed by atoms with van der Waals surface area (Å²) in [6.07, 6.45) is -21.6. The maximum Gasteiger partial charge on any atom is 0.397 e. The topological polar surface area (TPSA) is 381 Å². The Kier molecular flexibility index (Phi) is 18.2. The Morgan fingerprint density at radius 3 is 2.09 bits per heavy atom. The van der Waals surface area contributed by atoms with Crippen molar-refractivity contribution in [2.75, 3.05) is 26.9 Å². The summed E-state index contributed by atoms with van der Waals surface area (Å²) in [4.78, 5) is 27.4. The van der Waals surface area contributed by atoms with E-state index in [9.17, 15) is 68.5 Å². The molecular formula is C55H86O26S. The highest BCUT2D eigenvalue weighted by Crippen LogP contribution is 2.76. The van der Waals surface area contributed by atoms with Gasteiger partial charge in [0.25, 0.3) is 0 Å². The molecule has 0 unspecified atom stereocenters. The number of carbonyl (C=O) groups excluding carboxylic acids is 2. The van der Waals surface area contributed by atoms with Crippen molar-refractivity contribution in [1.82, 2.24) is 0 Å². The molecule has 9 rings (SSSR count). The third-order valence-corrected chi connectivity index (χ3v) is 20.5. The van der Waals surface area contributed by atoms with E-state index in [2.05, 4.69) is 33.8 Å². The molecule has 5 heterocycles. The summed E-state index contributed by atoms with van der Waals surface area (Å²) in [5.41, 5.74) is -3.73. The minimum atomic E-state index is -5.18. The van der Waals surface area contributed by atoms with Crippen LogP contribution in [0.5, 0.6) is 0 Å². The second-order valence-electron chi connectivity index (χ2n) is 26.0. The van der Waals surface area contributed by atoms with Crippen molar-refractivity contribution in [3.05, 3.63) is 23.8 Å². The van der Waals surface area contributed by atoms with Crippen LogP contribution in [0.2, 0.25) is 0 Å². The van der Waals surface area contributed by atoms with Crippen LogP contribution < -0.4 is 0 Å². The fourth-order valence-corrected chi connectivity index (χ4v) is 16.7. The summed E-state index contributed by atoms with van der Waals surface area (Å²) in [5, 5.41) is 99.3. The predicted molar refractivity (Wildman–Crippen MR) is 277 cm³/mol. The molecule has 27 atom stereocenters. The first-order valence-corrected chi connectivity index (χ1v) is 29.8. The molecule has 82 heavy (non-hydrogen) atoms. The molecule has 0 aromatic rings.